The lowest BCUT2D eigenvalue weighted by Gasteiger charge is -2.24. The van der Waals surface area contributed by atoms with Gasteiger partial charge in [0.1, 0.15) is 5.75 Å². The van der Waals surface area contributed by atoms with Crippen LogP contribution in [0.3, 0.4) is 0 Å². The minimum absolute atomic E-state index is 0.119. The molecule has 2 atom stereocenters. The molecule has 1 saturated heterocycles. The molecule has 3 nitrogen and oxygen atoms in total. The van der Waals surface area contributed by atoms with E-state index in [1.54, 1.807) is 18.2 Å². The molecular formula is C14H19F2NO2. The van der Waals surface area contributed by atoms with Gasteiger partial charge in [0.15, 0.2) is 0 Å². The van der Waals surface area contributed by atoms with Crippen molar-refractivity contribution in [2.75, 3.05) is 19.8 Å². The van der Waals surface area contributed by atoms with Crippen molar-refractivity contribution in [1.29, 1.82) is 0 Å². The zero-order valence-corrected chi connectivity index (χ0v) is 10.9. The minimum atomic E-state index is -2.79. The third-order valence-corrected chi connectivity index (χ3v) is 3.30. The summed E-state index contributed by atoms with van der Waals surface area (Å²) in [5.74, 6) is 0.580. The molecular weight excluding hydrogens is 252 g/mol. The molecule has 19 heavy (non-hydrogen) atoms. The third-order valence-electron chi connectivity index (χ3n) is 3.30. The van der Waals surface area contributed by atoms with Crippen molar-refractivity contribution in [2.45, 2.75) is 26.0 Å². The predicted molar refractivity (Wildman–Crippen MR) is 68.4 cm³/mol. The van der Waals surface area contributed by atoms with Crippen LogP contribution in [0, 0.1) is 5.92 Å². The van der Waals surface area contributed by atoms with Crippen molar-refractivity contribution < 1.29 is 18.3 Å². The highest BCUT2D eigenvalue weighted by Gasteiger charge is 2.26. The Labute approximate surface area is 111 Å². The van der Waals surface area contributed by atoms with Gasteiger partial charge in [-0.15, -0.1) is 0 Å². The molecule has 1 aliphatic rings. The summed E-state index contributed by atoms with van der Waals surface area (Å²) in [6, 6.07) is 7.02. The normalized spacial score (nSPS) is 20.7. The summed E-state index contributed by atoms with van der Waals surface area (Å²) < 4.78 is 34.4. The highest BCUT2D eigenvalue weighted by Crippen LogP contribution is 2.30. The van der Waals surface area contributed by atoms with E-state index in [1.807, 2.05) is 13.0 Å². The van der Waals surface area contributed by atoms with Crippen LogP contribution in [0.15, 0.2) is 24.3 Å². The van der Waals surface area contributed by atoms with Crippen molar-refractivity contribution in [1.82, 2.24) is 5.32 Å². The van der Waals surface area contributed by atoms with Crippen LogP contribution in [-0.2, 0) is 4.74 Å². The minimum Gasteiger partial charge on any atom is -0.435 e. The van der Waals surface area contributed by atoms with Gasteiger partial charge in [-0.1, -0.05) is 19.1 Å². The average Bonchev–Trinajstić information content (AvgIpc) is 2.89. The summed E-state index contributed by atoms with van der Waals surface area (Å²) in [7, 11) is 0. The van der Waals surface area contributed by atoms with Gasteiger partial charge in [-0.25, -0.2) is 0 Å². The van der Waals surface area contributed by atoms with Crippen molar-refractivity contribution >= 4 is 0 Å². The van der Waals surface area contributed by atoms with Crippen molar-refractivity contribution in [3.63, 3.8) is 0 Å². The largest absolute Gasteiger partial charge is 0.435 e. The Balaban J connectivity index is 2.15. The van der Waals surface area contributed by atoms with Gasteiger partial charge in [0, 0.05) is 18.6 Å². The first-order valence-electron chi connectivity index (χ1n) is 6.56. The first-order chi connectivity index (χ1) is 9.20. The number of halogens is 2. The molecule has 0 amide bonds. The second kappa shape index (κ2) is 6.82. The van der Waals surface area contributed by atoms with Gasteiger partial charge >= 0.3 is 6.61 Å². The van der Waals surface area contributed by atoms with E-state index in [4.69, 9.17) is 4.74 Å². The van der Waals surface area contributed by atoms with E-state index in [1.165, 1.54) is 0 Å². The van der Waals surface area contributed by atoms with Gasteiger partial charge in [-0.3, -0.25) is 0 Å². The van der Waals surface area contributed by atoms with Gasteiger partial charge < -0.3 is 14.8 Å². The number of hydrogen-bond acceptors (Lipinski definition) is 3. The second-order valence-corrected chi connectivity index (χ2v) is 4.61. The number of alkyl halides is 2. The molecule has 106 valence electrons. The molecule has 1 aromatic carbocycles. The maximum atomic E-state index is 12.2. The summed E-state index contributed by atoms with van der Waals surface area (Å²) in [6.07, 6.45) is 0.984. The lowest BCUT2D eigenvalue weighted by molar-refractivity contribution is -0.0499. The number of hydrogen-bond donors (Lipinski definition) is 1. The maximum absolute atomic E-state index is 12.2. The van der Waals surface area contributed by atoms with Gasteiger partial charge in [0.2, 0.25) is 0 Å². The summed E-state index contributed by atoms with van der Waals surface area (Å²) in [6.45, 7) is 1.53. The van der Waals surface area contributed by atoms with E-state index in [0.29, 0.717) is 12.5 Å². The monoisotopic (exact) mass is 271 g/mol. The Bertz CT molecular complexity index is 395. The lowest BCUT2D eigenvalue weighted by Crippen LogP contribution is -2.28. The third kappa shape index (κ3) is 3.88. The van der Waals surface area contributed by atoms with E-state index in [0.717, 1.165) is 25.1 Å². The predicted octanol–water partition coefficient (Wildman–Crippen LogP) is 2.98. The Morgan fingerprint density at radius 3 is 2.95 bits per heavy atom. The molecule has 1 N–H and O–H groups in total. The maximum Gasteiger partial charge on any atom is 0.387 e. The van der Waals surface area contributed by atoms with Crippen LogP contribution in [0.25, 0.3) is 0 Å². The average molecular weight is 271 g/mol. The van der Waals surface area contributed by atoms with Crippen LogP contribution in [0.5, 0.6) is 5.75 Å². The highest BCUT2D eigenvalue weighted by atomic mass is 19.3. The molecule has 0 aromatic heterocycles. The fourth-order valence-corrected chi connectivity index (χ4v) is 2.48. The van der Waals surface area contributed by atoms with E-state index in [-0.39, 0.29) is 11.8 Å². The van der Waals surface area contributed by atoms with E-state index in [2.05, 4.69) is 10.1 Å². The lowest BCUT2D eigenvalue weighted by atomic mass is 9.92. The number of rotatable bonds is 6. The second-order valence-electron chi connectivity index (χ2n) is 4.61. The number of nitrogens with one attached hydrogen (secondary N) is 1. The standard InChI is InChI=1S/C14H19F2NO2/c1-2-17-13(11-6-7-18-9-11)10-4-3-5-12(8-10)19-14(15)16/h3-5,8,11,13-14,17H,2,6-7,9H2,1H3. The quantitative estimate of drug-likeness (QED) is 0.863. The summed E-state index contributed by atoms with van der Waals surface area (Å²) in [5.41, 5.74) is 0.968. The Kier molecular flexibility index (Phi) is 5.10. The van der Waals surface area contributed by atoms with E-state index in [9.17, 15) is 8.78 Å². The first kappa shape index (κ1) is 14.2. The summed E-state index contributed by atoms with van der Waals surface area (Å²) in [5, 5.41) is 3.40. The van der Waals surface area contributed by atoms with Gasteiger partial charge in [-0.05, 0) is 30.7 Å². The van der Waals surface area contributed by atoms with E-state index < -0.39 is 6.61 Å². The van der Waals surface area contributed by atoms with Crippen molar-refractivity contribution in [3.05, 3.63) is 29.8 Å². The van der Waals surface area contributed by atoms with Crippen LogP contribution >= 0.6 is 0 Å². The molecule has 1 aliphatic heterocycles. The van der Waals surface area contributed by atoms with Crippen LogP contribution in [0.4, 0.5) is 8.78 Å². The smallest absolute Gasteiger partial charge is 0.387 e. The zero-order valence-electron chi connectivity index (χ0n) is 10.9. The molecule has 1 aromatic rings. The number of ether oxygens (including phenoxy) is 2. The van der Waals surface area contributed by atoms with E-state index >= 15 is 0 Å². The first-order valence-corrected chi connectivity index (χ1v) is 6.56. The fourth-order valence-electron chi connectivity index (χ4n) is 2.48. The van der Waals surface area contributed by atoms with Crippen LogP contribution in [-0.4, -0.2) is 26.4 Å². The van der Waals surface area contributed by atoms with Crippen molar-refractivity contribution in [3.8, 4) is 5.75 Å². The molecule has 0 aliphatic carbocycles. The SMILES string of the molecule is CCNC(c1cccc(OC(F)F)c1)C1CCOC1. The summed E-state index contributed by atoms with van der Waals surface area (Å²) >= 11 is 0. The number of benzene rings is 1. The van der Waals surface area contributed by atoms with Gasteiger partial charge in [-0.2, -0.15) is 8.78 Å². The van der Waals surface area contributed by atoms with Gasteiger partial charge in [0.25, 0.3) is 0 Å². The zero-order chi connectivity index (χ0) is 13.7. The van der Waals surface area contributed by atoms with Gasteiger partial charge in [0.05, 0.1) is 6.61 Å². The molecule has 1 heterocycles. The molecule has 0 saturated carbocycles. The Hall–Kier alpha value is -1.20. The van der Waals surface area contributed by atoms with Crippen molar-refractivity contribution in [2.24, 2.45) is 5.92 Å². The molecule has 5 heteroatoms. The molecule has 0 radical (unpaired) electrons. The fraction of sp³-hybridized carbons (Fsp3) is 0.571. The van der Waals surface area contributed by atoms with Crippen LogP contribution in [0.2, 0.25) is 0 Å². The Morgan fingerprint density at radius 2 is 2.32 bits per heavy atom. The molecule has 0 bridgehead atoms. The summed E-state index contributed by atoms with van der Waals surface area (Å²) in [4.78, 5) is 0. The van der Waals surface area contributed by atoms with Crippen LogP contribution in [0.1, 0.15) is 24.9 Å². The highest BCUT2D eigenvalue weighted by molar-refractivity contribution is 5.31. The molecule has 0 spiro atoms. The topological polar surface area (TPSA) is 30.5 Å². The molecule has 2 rings (SSSR count). The van der Waals surface area contributed by atoms with Crippen LogP contribution < -0.4 is 10.1 Å². The Morgan fingerprint density at radius 1 is 1.47 bits per heavy atom. The molecule has 2 unspecified atom stereocenters. The molecule has 1 fully saturated rings.